The monoisotopic (exact) mass is 572 g/mol. The second-order valence-electron chi connectivity index (χ2n) is 12.0. The highest BCUT2D eigenvalue weighted by Crippen LogP contribution is 2.69. The number of rotatable bonds is 2. The highest BCUT2D eigenvalue weighted by atomic mass is 15.0. The van der Waals surface area contributed by atoms with Gasteiger partial charge in [0.25, 0.3) is 0 Å². The molecule has 8 rings (SSSR count). The van der Waals surface area contributed by atoms with Crippen LogP contribution < -0.4 is 0 Å². The molecule has 0 aromatic carbocycles. The minimum Gasteiger partial charge on any atom is -0.306 e. The molecule has 0 saturated heterocycles. The highest BCUT2D eigenvalue weighted by molar-refractivity contribution is 5.63. The molecule has 4 aliphatic carbocycles. The molecule has 4 nitrogen and oxygen atoms in total. The summed E-state index contributed by atoms with van der Waals surface area (Å²) in [5, 5.41) is 0. The first-order valence-corrected chi connectivity index (χ1v) is 17.3. The van der Waals surface area contributed by atoms with Crippen LogP contribution in [0.1, 0.15) is 130 Å². The maximum Gasteiger partial charge on any atom is 0.0994 e. The van der Waals surface area contributed by atoms with Crippen molar-refractivity contribution in [2.24, 2.45) is 23.7 Å². The molecule has 0 aliphatic heterocycles. The second kappa shape index (κ2) is 14.2. The number of aromatic nitrogens is 4. The Morgan fingerprint density at radius 3 is 1.74 bits per heavy atom. The van der Waals surface area contributed by atoms with Crippen LogP contribution in [-0.2, 0) is 10.8 Å². The SMILES string of the molecule is CC.CC.CC.CC.Cc1ccc2cncn2c1C1(C)C2CCCC21.Cc1ccn2cncc2c1C1(C)C2CCCC21. The van der Waals surface area contributed by atoms with Crippen LogP contribution in [0.25, 0.3) is 11.0 Å². The Kier molecular flexibility index (Phi) is 11.5. The van der Waals surface area contributed by atoms with Crippen LogP contribution in [0.2, 0.25) is 0 Å². The number of hydrogen-bond donors (Lipinski definition) is 0. The van der Waals surface area contributed by atoms with E-state index in [4.69, 9.17) is 0 Å². The Morgan fingerprint density at radius 2 is 1.17 bits per heavy atom. The lowest BCUT2D eigenvalue weighted by Gasteiger charge is -2.20. The molecule has 232 valence electrons. The number of pyridine rings is 2. The fourth-order valence-electron chi connectivity index (χ4n) is 8.81. The molecule has 0 bridgehead atoms. The smallest absolute Gasteiger partial charge is 0.0994 e. The largest absolute Gasteiger partial charge is 0.306 e. The molecule has 4 saturated carbocycles. The van der Waals surface area contributed by atoms with Crippen LogP contribution in [0.3, 0.4) is 0 Å². The van der Waals surface area contributed by atoms with Gasteiger partial charge in [0.1, 0.15) is 0 Å². The van der Waals surface area contributed by atoms with E-state index >= 15 is 0 Å². The quantitative estimate of drug-likeness (QED) is 0.239. The number of nitrogens with zero attached hydrogens (tertiary/aromatic N) is 4. The lowest BCUT2D eigenvalue weighted by atomic mass is 9.86. The highest BCUT2D eigenvalue weighted by Gasteiger charge is 2.65. The van der Waals surface area contributed by atoms with Gasteiger partial charge in [-0.15, -0.1) is 0 Å². The molecule has 0 N–H and O–H groups in total. The van der Waals surface area contributed by atoms with E-state index in [-0.39, 0.29) is 0 Å². The zero-order valence-electron chi connectivity index (χ0n) is 29.0. The Morgan fingerprint density at radius 1 is 0.643 bits per heavy atom. The van der Waals surface area contributed by atoms with Crippen molar-refractivity contribution in [3.8, 4) is 0 Å². The van der Waals surface area contributed by atoms with Crippen LogP contribution in [0.15, 0.2) is 49.4 Å². The van der Waals surface area contributed by atoms with Crippen LogP contribution >= 0.6 is 0 Å². The third-order valence-electron chi connectivity index (χ3n) is 10.5. The van der Waals surface area contributed by atoms with Gasteiger partial charge in [-0.25, -0.2) is 9.97 Å². The van der Waals surface area contributed by atoms with E-state index in [1.54, 1.807) is 5.56 Å². The first-order valence-electron chi connectivity index (χ1n) is 17.3. The van der Waals surface area contributed by atoms with Crippen molar-refractivity contribution in [2.45, 2.75) is 132 Å². The minimum atomic E-state index is 0.419. The van der Waals surface area contributed by atoms with Crippen molar-refractivity contribution in [3.05, 3.63) is 71.8 Å². The van der Waals surface area contributed by atoms with Gasteiger partial charge in [-0.1, -0.05) is 88.1 Å². The maximum absolute atomic E-state index is 4.30. The molecule has 4 atom stereocenters. The van der Waals surface area contributed by atoms with Gasteiger partial charge in [0.2, 0.25) is 0 Å². The van der Waals surface area contributed by atoms with E-state index in [1.165, 1.54) is 66.4 Å². The molecule has 4 heteroatoms. The lowest BCUT2D eigenvalue weighted by molar-refractivity contribution is 0.528. The summed E-state index contributed by atoms with van der Waals surface area (Å²) in [6, 6.07) is 6.67. The van der Waals surface area contributed by atoms with Gasteiger partial charge in [-0.3, -0.25) is 0 Å². The second-order valence-corrected chi connectivity index (χ2v) is 12.0. The summed E-state index contributed by atoms with van der Waals surface area (Å²) in [4.78, 5) is 8.60. The zero-order chi connectivity index (χ0) is 31.2. The Balaban J connectivity index is 0.000000187. The molecule has 0 radical (unpaired) electrons. The van der Waals surface area contributed by atoms with Gasteiger partial charge < -0.3 is 8.80 Å². The van der Waals surface area contributed by atoms with E-state index in [0.717, 1.165) is 23.7 Å². The van der Waals surface area contributed by atoms with E-state index in [2.05, 4.69) is 70.9 Å². The summed E-state index contributed by atoms with van der Waals surface area (Å²) in [5.74, 6) is 3.72. The standard InChI is InChI=1S/2C15H18N2.4C2H6/c1-10-6-7-11-8-16-9-17(11)14(10)15(2)12-4-3-5-13(12)15;1-10-6-7-17-9-16-8-13(17)14(10)15(2)11-4-3-5-12(11)15;4*1-2/h6-9,12-13H,3-5H2,1-2H3;6-9,11-12H,3-5H2,1-2H3;4*1-2H3. The van der Waals surface area contributed by atoms with Crippen LogP contribution in [-0.4, -0.2) is 18.8 Å². The summed E-state index contributed by atoms with van der Waals surface area (Å²) in [6.07, 6.45) is 18.6. The summed E-state index contributed by atoms with van der Waals surface area (Å²) in [5.41, 5.74) is 9.35. The Labute approximate surface area is 257 Å². The summed E-state index contributed by atoms with van der Waals surface area (Å²) in [6.45, 7) is 25.4. The van der Waals surface area contributed by atoms with Crippen LogP contribution in [0.4, 0.5) is 0 Å². The zero-order valence-corrected chi connectivity index (χ0v) is 29.0. The van der Waals surface area contributed by atoms with Crippen LogP contribution in [0.5, 0.6) is 0 Å². The number of hydrogen-bond acceptors (Lipinski definition) is 2. The first kappa shape index (κ1) is 33.9. The molecule has 0 amide bonds. The topological polar surface area (TPSA) is 34.6 Å². The van der Waals surface area contributed by atoms with Gasteiger partial charge in [0, 0.05) is 22.7 Å². The van der Waals surface area contributed by atoms with Crippen molar-refractivity contribution in [3.63, 3.8) is 0 Å². The third-order valence-corrected chi connectivity index (χ3v) is 10.5. The van der Waals surface area contributed by atoms with Crippen molar-refractivity contribution in [1.82, 2.24) is 18.8 Å². The van der Waals surface area contributed by atoms with Gasteiger partial charge >= 0.3 is 0 Å². The molecule has 4 aromatic heterocycles. The first-order chi connectivity index (χ1) is 20.5. The van der Waals surface area contributed by atoms with E-state index in [1.807, 2.05) is 80.4 Å². The molecule has 42 heavy (non-hydrogen) atoms. The molecule has 4 aliphatic rings. The predicted molar refractivity (Wildman–Crippen MR) is 182 cm³/mol. The Hall–Kier alpha value is -2.62. The molecule has 4 aromatic rings. The summed E-state index contributed by atoms with van der Waals surface area (Å²) < 4.78 is 4.48. The molecule has 4 fully saturated rings. The number of fused-ring (bicyclic) bond motifs is 4. The minimum absolute atomic E-state index is 0.419. The molecule has 4 heterocycles. The fourth-order valence-corrected chi connectivity index (χ4v) is 8.81. The average Bonchev–Trinajstić information content (AvgIpc) is 3.63. The molecular weight excluding hydrogens is 512 g/mol. The molecule has 4 unspecified atom stereocenters. The average molecular weight is 573 g/mol. The van der Waals surface area contributed by atoms with Gasteiger partial charge in [-0.05, 0) is 92.0 Å². The van der Waals surface area contributed by atoms with Crippen molar-refractivity contribution < 1.29 is 0 Å². The van der Waals surface area contributed by atoms with Gasteiger partial charge in [-0.2, -0.15) is 0 Å². The predicted octanol–water partition coefficient (Wildman–Crippen LogP) is 10.8. The lowest BCUT2D eigenvalue weighted by Crippen LogP contribution is -2.15. The normalized spacial score (nSPS) is 29.0. The molecular formula is C38H60N4. The van der Waals surface area contributed by atoms with Crippen molar-refractivity contribution >= 4 is 11.0 Å². The third kappa shape index (κ3) is 5.44. The summed E-state index contributed by atoms with van der Waals surface area (Å²) in [7, 11) is 0. The van der Waals surface area contributed by atoms with Crippen molar-refractivity contribution in [2.75, 3.05) is 0 Å². The van der Waals surface area contributed by atoms with E-state index in [9.17, 15) is 0 Å². The number of imidazole rings is 2. The summed E-state index contributed by atoms with van der Waals surface area (Å²) >= 11 is 0. The Bertz CT molecular complexity index is 1280. The van der Waals surface area contributed by atoms with E-state index < -0.39 is 0 Å². The maximum atomic E-state index is 4.30. The molecule has 0 spiro atoms. The van der Waals surface area contributed by atoms with Crippen LogP contribution in [0, 0.1) is 37.5 Å². The van der Waals surface area contributed by atoms with Gasteiger partial charge in [0.15, 0.2) is 0 Å². The van der Waals surface area contributed by atoms with E-state index in [0.29, 0.717) is 10.8 Å². The number of aryl methyl sites for hydroxylation is 2. The fraction of sp³-hybridized carbons (Fsp3) is 0.632. The van der Waals surface area contributed by atoms with Crippen molar-refractivity contribution in [1.29, 1.82) is 0 Å². The van der Waals surface area contributed by atoms with Gasteiger partial charge in [0.05, 0.1) is 36.1 Å².